The minimum atomic E-state index is 0.225. The summed E-state index contributed by atoms with van der Waals surface area (Å²) in [5.74, 6) is 0. The summed E-state index contributed by atoms with van der Waals surface area (Å²) in [4.78, 5) is 4.96. The SMILES string of the molecule is Cc1ccc(N2CCN(C)C(C)(C)C2)c(CCN)c1. The average molecular weight is 261 g/mol. The van der Waals surface area contributed by atoms with Crippen LogP contribution < -0.4 is 10.6 Å². The number of nitrogens with two attached hydrogens (primary N) is 1. The number of aryl methyl sites for hydroxylation is 1. The molecule has 0 aliphatic carbocycles. The summed E-state index contributed by atoms with van der Waals surface area (Å²) in [6.45, 7) is 10.8. The zero-order chi connectivity index (χ0) is 14.0. The van der Waals surface area contributed by atoms with Crippen LogP contribution >= 0.6 is 0 Å². The maximum atomic E-state index is 5.76. The van der Waals surface area contributed by atoms with Crippen molar-refractivity contribution in [2.24, 2.45) is 5.73 Å². The van der Waals surface area contributed by atoms with E-state index in [0.29, 0.717) is 6.54 Å². The van der Waals surface area contributed by atoms with Gasteiger partial charge < -0.3 is 10.6 Å². The van der Waals surface area contributed by atoms with Gasteiger partial charge in [-0.05, 0) is 52.4 Å². The van der Waals surface area contributed by atoms with Gasteiger partial charge in [-0.25, -0.2) is 0 Å². The lowest BCUT2D eigenvalue weighted by Crippen LogP contribution is -2.57. The molecule has 0 spiro atoms. The molecule has 1 aromatic rings. The predicted octanol–water partition coefficient (Wildman–Crippen LogP) is 2.03. The Labute approximate surface area is 117 Å². The molecule has 1 heterocycles. The van der Waals surface area contributed by atoms with Crippen LogP contribution in [0.3, 0.4) is 0 Å². The molecule has 2 rings (SSSR count). The highest BCUT2D eigenvalue weighted by Crippen LogP contribution is 2.28. The minimum Gasteiger partial charge on any atom is -0.368 e. The van der Waals surface area contributed by atoms with Crippen LogP contribution in [0.5, 0.6) is 0 Å². The van der Waals surface area contributed by atoms with Crippen molar-refractivity contribution < 1.29 is 0 Å². The van der Waals surface area contributed by atoms with Gasteiger partial charge in [0.2, 0.25) is 0 Å². The molecule has 1 aromatic carbocycles. The molecular formula is C16H27N3. The molecule has 106 valence electrons. The Balaban J connectivity index is 2.26. The van der Waals surface area contributed by atoms with E-state index < -0.39 is 0 Å². The first-order valence-corrected chi connectivity index (χ1v) is 7.20. The summed E-state index contributed by atoms with van der Waals surface area (Å²) in [5.41, 5.74) is 10.1. The van der Waals surface area contributed by atoms with Gasteiger partial charge >= 0.3 is 0 Å². The van der Waals surface area contributed by atoms with E-state index in [-0.39, 0.29) is 5.54 Å². The molecule has 19 heavy (non-hydrogen) atoms. The first-order valence-electron chi connectivity index (χ1n) is 7.20. The van der Waals surface area contributed by atoms with Crippen LogP contribution in [-0.2, 0) is 6.42 Å². The number of likely N-dealkylation sites (N-methyl/N-ethyl adjacent to an activating group) is 1. The zero-order valence-electron chi connectivity index (χ0n) is 12.7. The van der Waals surface area contributed by atoms with Gasteiger partial charge in [-0.3, -0.25) is 4.90 Å². The van der Waals surface area contributed by atoms with Crippen LogP contribution in [0.25, 0.3) is 0 Å². The number of nitrogens with zero attached hydrogens (tertiary/aromatic N) is 2. The number of rotatable bonds is 3. The van der Waals surface area contributed by atoms with Crippen LogP contribution in [0.1, 0.15) is 25.0 Å². The van der Waals surface area contributed by atoms with E-state index in [4.69, 9.17) is 5.73 Å². The van der Waals surface area contributed by atoms with Crippen LogP contribution in [0.4, 0.5) is 5.69 Å². The summed E-state index contributed by atoms with van der Waals surface area (Å²) in [6.07, 6.45) is 0.962. The Kier molecular flexibility index (Phi) is 4.16. The van der Waals surface area contributed by atoms with Crippen molar-refractivity contribution in [1.29, 1.82) is 0 Å². The van der Waals surface area contributed by atoms with E-state index in [0.717, 1.165) is 26.1 Å². The van der Waals surface area contributed by atoms with E-state index in [1.165, 1.54) is 16.8 Å². The highest BCUT2D eigenvalue weighted by molar-refractivity contribution is 5.56. The van der Waals surface area contributed by atoms with E-state index in [1.54, 1.807) is 0 Å². The molecule has 1 saturated heterocycles. The normalized spacial score (nSPS) is 19.7. The standard InChI is InChI=1S/C16H27N3/c1-13-5-6-15(14(11-13)7-8-17)19-10-9-18(4)16(2,3)12-19/h5-6,11H,7-10,12,17H2,1-4H3. The second kappa shape index (κ2) is 5.51. The fraction of sp³-hybridized carbons (Fsp3) is 0.625. The Morgan fingerprint density at radius 1 is 1.26 bits per heavy atom. The third-order valence-electron chi connectivity index (χ3n) is 4.31. The van der Waals surface area contributed by atoms with Gasteiger partial charge in [-0.1, -0.05) is 17.7 Å². The molecule has 0 saturated carbocycles. The Morgan fingerprint density at radius 3 is 2.63 bits per heavy atom. The summed E-state index contributed by atoms with van der Waals surface area (Å²) >= 11 is 0. The first-order chi connectivity index (χ1) is 8.94. The molecule has 1 fully saturated rings. The average Bonchev–Trinajstić information content (AvgIpc) is 2.33. The molecule has 0 aromatic heterocycles. The minimum absolute atomic E-state index is 0.225. The van der Waals surface area contributed by atoms with E-state index in [1.807, 2.05) is 0 Å². The third kappa shape index (κ3) is 3.10. The Hall–Kier alpha value is -1.06. The summed E-state index contributed by atoms with van der Waals surface area (Å²) in [7, 11) is 2.22. The first kappa shape index (κ1) is 14.4. The van der Waals surface area contributed by atoms with Crippen molar-refractivity contribution >= 4 is 5.69 Å². The van der Waals surface area contributed by atoms with Gasteiger partial charge in [0.15, 0.2) is 0 Å². The van der Waals surface area contributed by atoms with E-state index >= 15 is 0 Å². The number of anilines is 1. The molecule has 0 atom stereocenters. The molecular weight excluding hydrogens is 234 g/mol. The van der Waals surface area contributed by atoms with Gasteiger partial charge in [-0.15, -0.1) is 0 Å². The molecule has 0 unspecified atom stereocenters. The Bertz CT molecular complexity index is 440. The molecule has 0 amide bonds. The topological polar surface area (TPSA) is 32.5 Å². The quantitative estimate of drug-likeness (QED) is 0.903. The number of hydrogen-bond acceptors (Lipinski definition) is 3. The summed E-state index contributed by atoms with van der Waals surface area (Å²) in [5, 5.41) is 0. The molecule has 1 aliphatic rings. The monoisotopic (exact) mass is 261 g/mol. The van der Waals surface area contributed by atoms with E-state index in [2.05, 4.69) is 55.8 Å². The maximum absolute atomic E-state index is 5.76. The lowest BCUT2D eigenvalue weighted by molar-refractivity contribution is 0.139. The van der Waals surface area contributed by atoms with Gasteiger partial charge in [0.05, 0.1) is 0 Å². The fourth-order valence-corrected chi connectivity index (χ4v) is 2.82. The van der Waals surface area contributed by atoms with Crippen LogP contribution in [-0.4, -0.2) is 43.7 Å². The third-order valence-corrected chi connectivity index (χ3v) is 4.31. The molecule has 2 N–H and O–H groups in total. The van der Waals surface area contributed by atoms with Gasteiger partial charge in [0, 0.05) is 30.9 Å². The van der Waals surface area contributed by atoms with Crippen molar-refractivity contribution in [3.05, 3.63) is 29.3 Å². The summed E-state index contributed by atoms with van der Waals surface area (Å²) < 4.78 is 0. The van der Waals surface area contributed by atoms with Crippen LogP contribution in [0.15, 0.2) is 18.2 Å². The van der Waals surface area contributed by atoms with E-state index in [9.17, 15) is 0 Å². The van der Waals surface area contributed by atoms with Crippen LogP contribution in [0.2, 0.25) is 0 Å². The highest BCUT2D eigenvalue weighted by Gasteiger charge is 2.31. The van der Waals surface area contributed by atoms with Crippen molar-refractivity contribution in [3.63, 3.8) is 0 Å². The molecule has 0 radical (unpaired) electrons. The predicted molar refractivity (Wildman–Crippen MR) is 82.9 cm³/mol. The van der Waals surface area contributed by atoms with Crippen molar-refractivity contribution in [3.8, 4) is 0 Å². The van der Waals surface area contributed by atoms with Gasteiger partial charge in [-0.2, -0.15) is 0 Å². The fourth-order valence-electron chi connectivity index (χ4n) is 2.82. The number of piperazine rings is 1. The molecule has 1 aliphatic heterocycles. The highest BCUT2D eigenvalue weighted by atomic mass is 15.3. The smallest absolute Gasteiger partial charge is 0.0400 e. The summed E-state index contributed by atoms with van der Waals surface area (Å²) in [6, 6.07) is 6.76. The Morgan fingerprint density at radius 2 is 2.00 bits per heavy atom. The largest absolute Gasteiger partial charge is 0.368 e. The zero-order valence-corrected chi connectivity index (χ0v) is 12.7. The second-order valence-corrected chi connectivity index (χ2v) is 6.33. The van der Waals surface area contributed by atoms with Crippen molar-refractivity contribution in [2.75, 3.05) is 38.1 Å². The molecule has 3 nitrogen and oxygen atoms in total. The molecule has 3 heteroatoms. The maximum Gasteiger partial charge on any atom is 0.0400 e. The lowest BCUT2D eigenvalue weighted by Gasteiger charge is -2.46. The van der Waals surface area contributed by atoms with Gasteiger partial charge in [0.1, 0.15) is 0 Å². The second-order valence-electron chi connectivity index (χ2n) is 6.33. The van der Waals surface area contributed by atoms with Crippen LogP contribution in [0, 0.1) is 6.92 Å². The lowest BCUT2D eigenvalue weighted by atomic mass is 9.97. The number of benzene rings is 1. The molecule has 0 bridgehead atoms. The van der Waals surface area contributed by atoms with Crippen molar-refractivity contribution in [1.82, 2.24) is 4.90 Å². The number of hydrogen-bond donors (Lipinski definition) is 1. The van der Waals surface area contributed by atoms with Gasteiger partial charge in [0.25, 0.3) is 0 Å². The van der Waals surface area contributed by atoms with Crippen molar-refractivity contribution in [2.45, 2.75) is 32.7 Å².